The van der Waals surface area contributed by atoms with Crippen molar-refractivity contribution in [3.63, 3.8) is 0 Å². The largest absolute Gasteiger partial charge is 0.401 e. The van der Waals surface area contributed by atoms with Crippen molar-refractivity contribution in [1.82, 2.24) is 10.2 Å². The molecule has 0 aromatic rings. The minimum Gasteiger partial charge on any atom is -0.305 e. The molecule has 0 fully saturated rings. The number of rotatable bonds is 6. The van der Waals surface area contributed by atoms with Crippen molar-refractivity contribution in [1.29, 1.82) is 0 Å². The van der Waals surface area contributed by atoms with Crippen LogP contribution in [0.4, 0.5) is 13.2 Å². The molecule has 0 aliphatic carbocycles. The summed E-state index contributed by atoms with van der Waals surface area (Å²) >= 11 is 0. The second kappa shape index (κ2) is 6.24. The Balaban J connectivity index is 3.69. The molecule has 1 unspecified atom stereocenters. The van der Waals surface area contributed by atoms with E-state index in [0.29, 0.717) is 6.54 Å². The molecule has 0 radical (unpaired) electrons. The van der Waals surface area contributed by atoms with Crippen LogP contribution in [0.2, 0.25) is 0 Å². The van der Waals surface area contributed by atoms with E-state index in [4.69, 9.17) is 0 Å². The highest BCUT2D eigenvalue weighted by atomic mass is 19.4. The zero-order chi connectivity index (χ0) is 11.2. The molecule has 86 valence electrons. The summed E-state index contributed by atoms with van der Waals surface area (Å²) in [6.07, 6.45) is -4.11. The third kappa shape index (κ3) is 7.15. The molecule has 0 aliphatic rings. The Morgan fingerprint density at radius 2 is 1.71 bits per heavy atom. The quantitative estimate of drug-likeness (QED) is 0.723. The van der Waals surface area contributed by atoms with Crippen LogP contribution in [0.15, 0.2) is 0 Å². The molecule has 0 rings (SSSR count). The fourth-order valence-corrected chi connectivity index (χ4v) is 1.22. The lowest BCUT2D eigenvalue weighted by atomic mass is 10.3. The number of hydrogen-bond acceptors (Lipinski definition) is 2. The van der Waals surface area contributed by atoms with Crippen LogP contribution < -0.4 is 5.32 Å². The first kappa shape index (κ1) is 13.7. The molecule has 14 heavy (non-hydrogen) atoms. The molecular formula is C9H19F3N2. The molecule has 1 atom stereocenters. The molecule has 0 saturated heterocycles. The first-order valence-electron chi connectivity index (χ1n) is 4.91. The van der Waals surface area contributed by atoms with Crippen LogP contribution in [0.3, 0.4) is 0 Å². The van der Waals surface area contributed by atoms with Crippen LogP contribution in [0.5, 0.6) is 0 Å². The van der Waals surface area contributed by atoms with Crippen molar-refractivity contribution in [3.8, 4) is 0 Å². The molecule has 0 aromatic carbocycles. The fraction of sp³-hybridized carbons (Fsp3) is 1.00. The fourth-order valence-electron chi connectivity index (χ4n) is 1.22. The van der Waals surface area contributed by atoms with Crippen molar-refractivity contribution in [2.24, 2.45) is 0 Å². The van der Waals surface area contributed by atoms with Gasteiger partial charge in [-0.3, -0.25) is 0 Å². The van der Waals surface area contributed by atoms with E-state index in [9.17, 15) is 13.2 Å². The lowest BCUT2D eigenvalue weighted by Crippen LogP contribution is -2.42. The molecule has 0 amide bonds. The first-order valence-corrected chi connectivity index (χ1v) is 4.91. The van der Waals surface area contributed by atoms with E-state index in [1.807, 2.05) is 13.8 Å². The van der Waals surface area contributed by atoms with Gasteiger partial charge in [0.15, 0.2) is 0 Å². The third-order valence-corrected chi connectivity index (χ3v) is 2.08. The standard InChI is InChI=1S/C9H19F3N2/c1-4-14(5-2)6-8(3)13-7-9(10,11)12/h8,13H,4-7H2,1-3H3. The van der Waals surface area contributed by atoms with E-state index in [0.717, 1.165) is 13.1 Å². The SMILES string of the molecule is CCN(CC)CC(C)NCC(F)(F)F. The topological polar surface area (TPSA) is 15.3 Å². The third-order valence-electron chi connectivity index (χ3n) is 2.08. The molecular weight excluding hydrogens is 193 g/mol. The summed E-state index contributed by atoms with van der Waals surface area (Å²) in [7, 11) is 0. The Morgan fingerprint density at radius 3 is 2.07 bits per heavy atom. The van der Waals surface area contributed by atoms with Crippen molar-refractivity contribution < 1.29 is 13.2 Å². The Hall–Kier alpha value is -0.290. The van der Waals surface area contributed by atoms with Crippen LogP contribution >= 0.6 is 0 Å². The van der Waals surface area contributed by atoms with Gasteiger partial charge >= 0.3 is 6.18 Å². The molecule has 0 aromatic heterocycles. The van der Waals surface area contributed by atoms with Crippen molar-refractivity contribution in [2.45, 2.75) is 33.0 Å². The number of halogens is 3. The van der Waals surface area contributed by atoms with Gasteiger partial charge in [0, 0.05) is 12.6 Å². The first-order chi connectivity index (χ1) is 6.39. The van der Waals surface area contributed by atoms with Gasteiger partial charge in [-0.05, 0) is 20.0 Å². The summed E-state index contributed by atoms with van der Waals surface area (Å²) in [5.74, 6) is 0. The maximum atomic E-state index is 11.8. The zero-order valence-corrected chi connectivity index (χ0v) is 8.99. The van der Waals surface area contributed by atoms with E-state index in [2.05, 4.69) is 10.2 Å². The van der Waals surface area contributed by atoms with Gasteiger partial charge in [-0.2, -0.15) is 13.2 Å². The molecule has 0 heterocycles. The second-order valence-corrected chi connectivity index (χ2v) is 3.38. The monoisotopic (exact) mass is 212 g/mol. The lowest BCUT2D eigenvalue weighted by molar-refractivity contribution is -0.126. The van der Waals surface area contributed by atoms with Gasteiger partial charge in [0.05, 0.1) is 6.54 Å². The molecule has 5 heteroatoms. The van der Waals surface area contributed by atoms with Crippen molar-refractivity contribution in [3.05, 3.63) is 0 Å². The van der Waals surface area contributed by atoms with Gasteiger partial charge < -0.3 is 10.2 Å². The Kier molecular flexibility index (Phi) is 6.11. The maximum Gasteiger partial charge on any atom is 0.401 e. The smallest absolute Gasteiger partial charge is 0.305 e. The summed E-state index contributed by atoms with van der Waals surface area (Å²) in [5.41, 5.74) is 0. The second-order valence-electron chi connectivity index (χ2n) is 3.38. The van der Waals surface area contributed by atoms with Gasteiger partial charge in [-0.1, -0.05) is 13.8 Å². The zero-order valence-electron chi connectivity index (χ0n) is 8.99. The number of likely N-dealkylation sites (N-methyl/N-ethyl adjacent to an activating group) is 1. The van der Waals surface area contributed by atoms with E-state index >= 15 is 0 Å². The number of nitrogens with zero attached hydrogens (tertiary/aromatic N) is 1. The van der Waals surface area contributed by atoms with Crippen LogP contribution in [0.1, 0.15) is 20.8 Å². The summed E-state index contributed by atoms with van der Waals surface area (Å²) < 4.78 is 35.5. The average molecular weight is 212 g/mol. The number of alkyl halides is 3. The summed E-state index contributed by atoms with van der Waals surface area (Å²) in [4.78, 5) is 2.09. The molecule has 0 aliphatic heterocycles. The molecule has 2 nitrogen and oxygen atoms in total. The summed E-state index contributed by atoms with van der Waals surface area (Å²) in [5, 5.41) is 2.46. The van der Waals surface area contributed by atoms with E-state index in [1.165, 1.54) is 0 Å². The van der Waals surface area contributed by atoms with Gasteiger partial charge in [0.2, 0.25) is 0 Å². The molecule has 0 saturated carbocycles. The predicted molar refractivity (Wildman–Crippen MR) is 51.3 cm³/mol. The maximum absolute atomic E-state index is 11.8. The van der Waals surface area contributed by atoms with Gasteiger partial charge in [0.1, 0.15) is 0 Å². The molecule has 1 N–H and O–H groups in total. The van der Waals surface area contributed by atoms with E-state index in [1.54, 1.807) is 6.92 Å². The van der Waals surface area contributed by atoms with Crippen molar-refractivity contribution in [2.75, 3.05) is 26.2 Å². The molecule has 0 spiro atoms. The number of nitrogens with one attached hydrogen (secondary N) is 1. The van der Waals surface area contributed by atoms with Crippen LogP contribution in [0, 0.1) is 0 Å². The van der Waals surface area contributed by atoms with Crippen LogP contribution in [-0.2, 0) is 0 Å². The van der Waals surface area contributed by atoms with Gasteiger partial charge in [-0.25, -0.2) is 0 Å². The number of hydrogen-bond donors (Lipinski definition) is 1. The van der Waals surface area contributed by atoms with Gasteiger partial charge in [0.25, 0.3) is 0 Å². The molecule has 0 bridgehead atoms. The van der Waals surface area contributed by atoms with Crippen LogP contribution in [-0.4, -0.2) is 43.3 Å². The van der Waals surface area contributed by atoms with Crippen LogP contribution in [0.25, 0.3) is 0 Å². The Labute approximate surface area is 83.5 Å². The summed E-state index contributed by atoms with van der Waals surface area (Å²) in [6, 6.07) is -0.128. The normalized spacial score (nSPS) is 14.8. The average Bonchev–Trinajstić information content (AvgIpc) is 2.09. The van der Waals surface area contributed by atoms with Crippen molar-refractivity contribution >= 4 is 0 Å². The predicted octanol–water partition coefficient (Wildman–Crippen LogP) is 1.87. The minimum atomic E-state index is -4.11. The lowest BCUT2D eigenvalue weighted by Gasteiger charge is -2.23. The highest BCUT2D eigenvalue weighted by Gasteiger charge is 2.27. The highest BCUT2D eigenvalue weighted by Crippen LogP contribution is 2.12. The van der Waals surface area contributed by atoms with E-state index in [-0.39, 0.29) is 6.04 Å². The highest BCUT2D eigenvalue weighted by molar-refractivity contribution is 4.68. The minimum absolute atomic E-state index is 0.128. The Morgan fingerprint density at radius 1 is 1.21 bits per heavy atom. The Bertz CT molecular complexity index is 143. The summed E-state index contributed by atoms with van der Waals surface area (Å²) in [6.45, 7) is 7.26. The van der Waals surface area contributed by atoms with Gasteiger partial charge in [-0.15, -0.1) is 0 Å². The van der Waals surface area contributed by atoms with E-state index < -0.39 is 12.7 Å².